The average Bonchev–Trinajstić information content (AvgIpc) is 3.64. The number of nitrogens with zero attached hydrogens (tertiary/aromatic N) is 7. The Hall–Kier alpha value is -6.47. The first-order valence-corrected chi connectivity index (χ1v) is 21.9. The second-order valence-electron chi connectivity index (χ2n) is 17.5. The predicted octanol–water partition coefficient (Wildman–Crippen LogP) is 6.37. The van der Waals surface area contributed by atoms with E-state index in [1.54, 1.807) is 41.6 Å². The maximum Gasteiger partial charge on any atom is 0.274 e. The molecule has 0 unspecified atom stereocenters. The van der Waals surface area contributed by atoms with Crippen LogP contribution in [0.5, 0.6) is 5.75 Å². The summed E-state index contributed by atoms with van der Waals surface area (Å²) in [7, 11) is 1.41. The Morgan fingerprint density at radius 1 is 0.984 bits per heavy atom. The molecule has 0 saturated carbocycles. The van der Waals surface area contributed by atoms with Crippen LogP contribution in [0.2, 0.25) is 0 Å². The third-order valence-electron chi connectivity index (χ3n) is 11.8. The molecule has 0 aliphatic carbocycles. The van der Waals surface area contributed by atoms with Crippen LogP contribution in [0.3, 0.4) is 0 Å². The van der Waals surface area contributed by atoms with Crippen molar-refractivity contribution in [3.63, 3.8) is 0 Å². The maximum absolute atomic E-state index is 14.9. The van der Waals surface area contributed by atoms with Gasteiger partial charge in [-0.15, -0.1) is 0 Å². The van der Waals surface area contributed by atoms with Crippen molar-refractivity contribution in [2.75, 3.05) is 50.1 Å². The molecule has 2 saturated heterocycles. The highest BCUT2D eigenvalue weighted by Crippen LogP contribution is 2.35. The van der Waals surface area contributed by atoms with Crippen LogP contribution in [0, 0.1) is 22.6 Å². The smallest absolute Gasteiger partial charge is 0.274 e. The Morgan fingerprint density at radius 2 is 1.72 bits per heavy atom. The van der Waals surface area contributed by atoms with Crippen molar-refractivity contribution in [3.05, 3.63) is 84.2 Å². The molecule has 2 aromatic carbocycles. The van der Waals surface area contributed by atoms with E-state index in [2.05, 4.69) is 36.6 Å². The third-order valence-corrected chi connectivity index (χ3v) is 11.8. The molecule has 0 radical (unpaired) electrons. The second kappa shape index (κ2) is 21.3. The number of ether oxygens (including phenoxy) is 1. The predicted molar refractivity (Wildman–Crippen MR) is 241 cm³/mol. The Kier molecular flexibility index (Phi) is 15.6. The Labute approximate surface area is 374 Å². The van der Waals surface area contributed by atoms with E-state index < -0.39 is 29.3 Å². The number of piperazine rings is 1. The molecule has 6 rings (SSSR count). The van der Waals surface area contributed by atoms with Gasteiger partial charge >= 0.3 is 0 Å². The third kappa shape index (κ3) is 11.6. The van der Waals surface area contributed by atoms with E-state index in [0.717, 1.165) is 31.2 Å². The van der Waals surface area contributed by atoms with Crippen molar-refractivity contribution < 1.29 is 33.4 Å². The van der Waals surface area contributed by atoms with Crippen LogP contribution in [0.15, 0.2) is 67.1 Å². The van der Waals surface area contributed by atoms with Crippen molar-refractivity contribution in [3.8, 4) is 34.3 Å². The van der Waals surface area contributed by atoms with Crippen molar-refractivity contribution in [1.82, 2.24) is 30.1 Å². The molecule has 2 aliphatic heterocycles. The summed E-state index contributed by atoms with van der Waals surface area (Å²) in [4.78, 5) is 71.8. The fraction of sp³-hybridized carbons (Fsp3) is 0.458. The number of β-amino-alcohol motifs (C(OH)–C–C–N with tert-alkyl or cyclic N) is 1. The summed E-state index contributed by atoms with van der Waals surface area (Å²) in [5.74, 6) is -1.16. The highest BCUT2D eigenvalue weighted by atomic mass is 19.1. The van der Waals surface area contributed by atoms with Crippen LogP contribution in [0.25, 0.3) is 22.5 Å². The zero-order chi connectivity index (χ0) is 46.0. The molecule has 4 amide bonds. The van der Waals surface area contributed by atoms with Gasteiger partial charge in [-0.3, -0.25) is 24.2 Å². The summed E-state index contributed by atoms with van der Waals surface area (Å²) < 4.78 is 20.2. The molecule has 4 aromatic rings. The summed E-state index contributed by atoms with van der Waals surface area (Å²) in [6, 6.07) is 14.4. The van der Waals surface area contributed by atoms with Gasteiger partial charge < -0.3 is 35.2 Å². The summed E-state index contributed by atoms with van der Waals surface area (Å²) in [6.45, 7) is 9.90. The number of amides is 4. The van der Waals surface area contributed by atoms with Gasteiger partial charge in [-0.05, 0) is 73.6 Å². The van der Waals surface area contributed by atoms with E-state index in [0.29, 0.717) is 74.4 Å². The lowest BCUT2D eigenvalue weighted by atomic mass is 9.85. The fourth-order valence-corrected chi connectivity index (χ4v) is 8.28. The van der Waals surface area contributed by atoms with Crippen molar-refractivity contribution in [1.29, 1.82) is 5.26 Å². The number of carbonyl (C=O) groups excluding carboxylic acids is 4. The Morgan fingerprint density at radius 3 is 2.41 bits per heavy atom. The first kappa shape index (κ1) is 47.0. The number of rotatable bonds is 16. The number of nitrogens with one attached hydrogen (secondary N) is 2. The molecule has 2 aromatic heterocycles. The number of aromatic nitrogens is 3. The van der Waals surface area contributed by atoms with Crippen LogP contribution in [-0.2, 0) is 14.4 Å². The Balaban J connectivity index is 1.02. The number of likely N-dealkylation sites (tertiary alicyclic amines) is 1. The van der Waals surface area contributed by atoms with E-state index >= 15 is 0 Å². The Bertz CT molecular complexity index is 2360. The quantitative estimate of drug-likeness (QED) is 0.106. The minimum absolute atomic E-state index is 0.00451. The lowest BCUT2D eigenvalue weighted by Crippen LogP contribution is -2.55. The largest absolute Gasteiger partial charge is 0.496 e. The van der Waals surface area contributed by atoms with E-state index in [4.69, 9.17) is 4.74 Å². The average molecular weight is 876 g/mol. The number of nitriles is 1. The van der Waals surface area contributed by atoms with Gasteiger partial charge in [-0.1, -0.05) is 52.2 Å². The van der Waals surface area contributed by atoms with E-state index in [9.17, 15) is 33.9 Å². The number of aliphatic hydroxyl groups is 1. The molecule has 2 fully saturated rings. The molecule has 4 heterocycles. The number of halogens is 1. The molecule has 0 bridgehead atoms. The lowest BCUT2D eigenvalue weighted by Gasteiger charge is -2.37. The summed E-state index contributed by atoms with van der Waals surface area (Å²) in [6.07, 6.45) is 9.23. The highest BCUT2D eigenvalue weighted by molar-refractivity contribution is 6.05. The number of hydrogen-bond acceptors (Lipinski definition) is 11. The maximum atomic E-state index is 14.9. The zero-order valence-electron chi connectivity index (χ0n) is 37.3. The standard InChI is InChI=1S/C48H58FN9O6/c1-31-26-34(59)30-58(31)47(63)44(48(2,3)4)55-41(60)14-9-7-6-8-10-15-42(61)57-24-22-56(23-25-57)39-27-32(35-29-51-20-18-33(35)28-50)16-17-37(39)54-46(62)38-19-21-52-45(53-38)43-36(49)12-11-13-40(43)64-5/h11-13,16-21,27,29,31,34,44,59H,6-10,14-15,22-26,30H2,1-5H3,(H,54,62)(H,55,60)/t31-,34-,44-/m1/s1. The topological polar surface area (TPSA) is 194 Å². The van der Waals surface area contributed by atoms with Crippen LogP contribution < -0.4 is 20.3 Å². The van der Waals surface area contributed by atoms with Gasteiger partial charge in [0.1, 0.15) is 23.3 Å². The molecule has 0 spiro atoms. The van der Waals surface area contributed by atoms with Gasteiger partial charge in [0.25, 0.3) is 5.91 Å². The minimum atomic E-state index is -0.678. The number of carbonyl (C=O) groups is 4. The molecule has 16 heteroatoms. The fourth-order valence-electron chi connectivity index (χ4n) is 8.28. The van der Waals surface area contributed by atoms with E-state index in [1.807, 2.05) is 38.7 Å². The molecule has 2 aliphatic rings. The number of aliphatic hydroxyl groups excluding tert-OH is 1. The molecule has 3 atom stereocenters. The number of pyridine rings is 1. The van der Waals surface area contributed by atoms with Crippen LogP contribution >= 0.6 is 0 Å². The first-order valence-electron chi connectivity index (χ1n) is 21.9. The van der Waals surface area contributed by atoms with Crippen LogP contribution in [-0.4, -0.2) is 112 Å². The molecular weight excluding hydrogens is 818 g/mol. The molecule has 338 valence electrons. The second-order valence-corrected chi connectivity index (χ2v) is 17.5. The number of hydrogen-bond donors (Lipinski definition) is 3. The molecular formula is C48H58FN9O6. The van der Waals surface area contributed by atoms with Crippen molar-refractivity contribution in [2.45, 2.75) is 97.2 Å². The molecule has 64 heavy (non-hydrogen) atoms. The number of unbranched alkanes of at least 4 members (excludes halogenated alkanes) is 4. The highest BCUT2D eigenvalue weighted by Gasteiger charge is 2.40. The van der Waals surface area contributed by atoms with E-state index in [-0.39, 0.29) is 53.1 Å². The van der Waals surface area contributed by atoms with Gasteiger partial charge in [0, 0.05) is 75.8 Å². The van der Waals surface area contributed by atoms with Crippen LogP contribution in [0.4, 0.5) is 15.8 Å². The zero-order valence-corrected chi connectivity index (χ0v) is 37.3. The molecule has 15 nitrogen and oxygen atoms in total. The van der Waals surface area contributed by atoms with Gasteiger partial charge in [0.05, 0.1) is 41.8 Å². The van der Waals surface area contributed by atoms with Gasteiger partial charge in [-0.2, -0.15) is 5.26 Å². The normalized spacial score (nSPS) is 16.8. The van der Waals surface area contributed by atoms with Crippen molar-refractivity contribution >= 4 is 35.0 Å². The molecule has 3 N–H and O–H groups in total. The van der Waals surface area contributed by atoms with Gasteiger partial charge in [0.2, 0.25) is 17.7 Å². The van der Waals surface area contributed by atoms with E-state index in [1.165, 1.54) is 31.5 Å². The number of methoxy groups -OCH3 is 1. The monoisotopic (exact) mass is 875 g/mol. The number of benzene rings is 2. The first-order chi connectivity index (χ1) is 30.7. The van der Waals surface area contributed by atoms with Gasteiger partial charge in [-0.25, -0.2) is 14.4 Å². The van der Waals surface area contributed by atoms with Crippen molar-refractivity contribution in [2.24, 2.45) is 5.41 Å². The minimum Gasteiger partial charge on any atom is -0.496 e. The van der Waals surface area contributed by atoms with Crippen LogP contribution in [0.1, 0.15) is 95.1 Å². The van der Waals surface area contributed by atoms with Gasteiger partial charge in [0.15, 0.2) is 5.82 Å². The summed E-state index contributed by atoms with van der Waals surface area (Å²) in [5.41, 5.74) is 2.54. The number of anilines is 2. The summed E-state index contributed by atoms with van der Waals surface area (Å²) >= 11 is 0. The lowest BCUT2D eigenvalue weighted by molar-refractivity contribution is -0.140. The SMILES string of the molecule is COc1cccc(F)c1-c1nccc(C(=O)Nc2ccc(-c3cnccc3C#N)cc2N2CCN(C(=O)CCCCCCCC(=O)N[C@H](C(=O)N3C[C@H](O)C[C@H]3C)C(C)(C)C)CC2)n1. The summed E-state index contributed by atoms with van der Waals surface area (Å²) in [5, 5.41) is 25.8.